The molecule has 2 rings (SSSR count). The molecule has 0 amide bonds. The van der Waals surface area contributed by atoms with E-state index in [-0.39, 0.29) is 12.0 Å². The molecule has 0 aliphatic carbocycles. The summed E-state index contributed by atoms with van der Waals surface area (Å²) in [7, 11) is -10.6. The van der Waals surface area contributed by atoms with Gasteiger partial charge in [0.05, 0.1) is 0 Å². The quantitative estimate of drug-likeness (QED) is 0.0952. The van der Waals surface area contributed by atoms with Gasteiger partial charge in [0.15, 0.2) is 16.6 Å². The van der Waals surface area contributed by atoms with Gasteiger partial charge in [-0.1, -0.05) is 42.5 Å². The van der Waals surface area contributed by atoms with Crippen LogP contribution in [0.3, 0.4) is 0 Å². The molecular formula is C31H51F3O5Si4. The summed E-state index contributed by atoms with van der Waals surface area (Å²) in [5, 5.41) is 0. The Morgan fingerprint density at radius 3 is 1.79 bits per heavy atom. The van der Waals surface area contributed by atoms with Crippen molar-refractivity contribution < 1.29 is 35.0 Å². The molecule has 2 aromatic rings. The Labute approximate surface area is 261 Å². The molecule has 0 radical (unpaired) electrons. The van der Waals surface area contributed by atoms with E-state index in [0.717, 1.165) is 36.9 Å². The number of esters is 1. The first-order valence-electron chi connectivity index (χ1n) is 15.2. The number of rotatable bonds is 17. The number of hydrogen-bond acceptors (Lipinski definition) is 5. The van der Waals surface area contributed by atoms with Gasteiger partial charge >= 0.3 is 29.3 Å². The number of benzene rings is 2. The van der Waals surface area contributed by atoms with E-state index in [1.807, 2.05) is 50.5 Å². The van der Waals surface area contributed by atoms with Crippen LogP contribution in [0.5, 0.6) is 5.75 Å². The molecule has 0 saturated carbocycles. The largest absolute Gasteiger partial charge is 0.436 e. The molecule has 2 aromatic carbocycles. The van der Waals surface area contributed by atoms with Crippen LogP contribution in [-0.2, 0) is 30.0 Å². The Morgan fingerprint density at radius 2 is 1.23 bits per heavy atom. The van der Waals surface area contributed by atoms with E-state index in [1.54, 1.807) is 12.6 Å². The molecule has 0 aliphatic rings. The van der Waals surface area contributed by atoms with E-state index in [9.17, 15) is 18.0 Å². The molecule has 0 aliphatic heterocycles. The first kappa shape index (κ1) is 37.6. The van der Waals surface area contributed by atoms with Gasteiger partial charge in [0, 0.05) is 13.3 Å². The molecule has 43 heavy (non-hydrogen) atoms. The smallest absolute Gasteiger partial charge is 0.389 e. The first-order chi connectivity index (χ1) is 19.7. The number of hydrogen-bond donors (Lipinski definition) is 0. The molecule has 12 heteroatoms. The van der Waals surface area contributed by atoms with E-state index in [1.165, 1.54) is 18.1 Å². The second-order valence-corrected chi connectivity index (χ2v) is 29.4. The highest BCUT2D eigenvalue weighted by Gasteiger charge is 2.47. The minimum absolute atomic E-state index is 0.155. The molecule has 0 aromatic heterocycles. The number of carbonyl (C=O) groups is 1. The Hall–Kier alpha value is -1.55. The SMILES string of the molecule is CC(=O)Oc1ccccc1CCC[Si](C)(C)O[Si](C)(CCC(F)(F)F)O[Si](C)(C)O[Si](C)(C)CCCc1ccccc1C. The fourth-order valence-corrected chi connectivity index (χ4v) is 25.3. The van der Waals surface area contributed by atoms with Crippen LogP contribution in [-0.4, -0.2) is 45.9 Å². The summed E-state index contributed by atoms with van der Waals surface area (Å²) in [6, 6.07) is 17.3. The van der Waals surface area contributed by atoms with Gasteiger partial charge in [0.1, 0.15) is 5.75 Å². The summed E-state index contributed by atoms with van der Waals surface area (Å²) in [6.07, 6.45) is -1.81. The lowest BCUT2D eigenvalue weighted by molar-refractivity contribution is -0.132. The Kier molecular flexibility index (Phi) is 13.7. The van der Waals surface area contributed by atoms with Crippen molar-refractivity contribution in [2.45, 2.75) is 116 Å². The fraction of sp³-hybridized carbons (Fsp3) is 0.581. The van der Waals surface area contributed by atoms with Crippen LogP contribution in [0.15, 0.2) is 48.5 Å². The van der Waals surface area contributed by atoms with Crippen LogP contribution < -0.4 is 4.74 Å². The maximum atomic E-state index is 13.4. The number of alkyl halides is 3. The summed E-state index contributed by atoms with van der Waals surface area (Å²) >= 11 is 0. The Balaban J connectivity index is 2.07. The van der Waals surface area contributed by atoms with Gasteiger partial charge in [-0.25, -0.2) is 0 Å². The molecule has 0 saturated heterocycles. The average molecular weight is 673 g/mol. The third-order valence-corrected chi connectivity index (χ3v) is 23.4. The van der Waals surface area contributed by atoms with E-state index >= 15 is 0 Å². The van der Waals surface area contributed by atoms with Gasteiger partial charge in [-0.05, 0) is 119 Å². The highest BCUT2D eigenvalue weighted by Crippen LogP contribution is 2.34. The maximum Gasteiger partial charge on any atom is 0.389 e. The van der Waals surface area contributed by atoms with Crippen molar-refractivity contribution in [1.29, 1.82) is 0 Å². The standard InChI is InChI=1S/C31H51F3O5Si4/c1-26-16-10-11-17-28(26)19-14-23-40(3,4)37-42(7,8)39-43(9,25-22-31(32,33)34)38-41(5,6)24-15-20-29-18-12-13-21-30(29)36-27(2)35/h10-13,16-18,21H,14-15,19-20,22-25H2,1-9H3. The molecule has 242 valence electrons. The molecule has 0 fully saturated rings. The van der Waals surface area contributed by atoms with Crippen LogP contribution in [0.2, 0.25) is 64.0 Å². The first-order valence-corrected chi connectivity index (χ1v) is 26.8. The van der Waals surface area contributed by atoms with Crippen molar-refractivity contribution in [3.63, 3.8) is 0 Å². The second kappa shape index (κ2) is 15.6. The number of aryl methyl sites for hydroxylation is 3. The van der Waals surface area contributed by atoms with Gasteiger partial charge in [0.2, 0.25) is 0 Å². The van der Waals surface area contributed by atoms with Crippen molar-refractivity contribution >= 4 is 39.7 Å². The summed E-state index contributed by atoms with van der Waals surface area (Å²) in [6.45, 7) is 17.6. The Bertz CT molecular complexity index is 1190. The summed E-state index contributed by atoms with van der Waals surface area (Å²) in [5.41, 5.74) is 3.54. The molecule has 1 atom stereocenters. The third-order valence-electron chi connectivity index (χ3n) is 7.28. The summed E-state index contributed by atoms with van der Waals surface area (Å²) < 4.78 is 65.7. The highest BCUT2D eigenvalue weighted by atomic mass is 28.5. The van der Waals surface area contributed by atoms with Crippen LogP contribution in [0, 0.1) is 6.92 Å². The lowest BCUT2D eigenvalue weighted by Gasteiger charge is -2.43. The van der Waals surface area contributed by atoms with Crippen LogP contribution >= 0.6 is 0 Å². The van der Waals surface area contributed by atoms with E-state index in [0.29, 0.717) is 12.2 Å². The summed E-state index contributed by atoms with van der Waals surface area (Å²) in [5.74, 6) is 0.166. The zero-order valence-corrected chi connectivity index (χ0v) is 31.5. The van der Waals surface area contributed by atoms with Crippen molar-refractivity contribution in [2.24, 2.45) is 0 Å². The molecule has 0 heterocycles. The van der Waals surface area contributed by atoms with Crippen molar-refractivity contribution in [3.05, 3.63) is 65.2 Å². The van der Waals surface area contributed by atoms with E-state index in [4.69, 9.17) is 17.1 Å². The monoisotopic (exact) mass is 672 g/mol. The van der Waals surface area contributed by atoms with Gasteiger partial charge in [-0.15, -0.1) is 0 Å². The van der Waals surface area contributed by atoms with E-state index < -0.39 is 46.4 Å². The zero-order chi connectivity index (χ0) is 32.5. The molecule has 0 spiro atoms. The topological polar surface area (TPSA) is 54.0 Å². The average Bonchev–Trinajstić information content (AvgIpc) is 2.83. The second-order valence-electron chi connectivity index (χ2n) is 13.3. The van der Waals surface area contributed by atoms with Gasteiger partial charge in [0.25, 0.3) is 0 Å². The lowest BCUT2D eigenvalue weighted by atomic mass is 10.1. The molecular weight excluding hydrogens is 622 g/mol. The number of para-hydroxylation sites is 1. The van der Waals surface area contributed by atoms with Crippen LogP contribution in [0.1, 0.15) is 42.9 Å². The number of ether oxygens (including phenoxy) is 1. The van der Waals surface area contributed by atoms with Crippen LogP contribution in [0.25, 0.3) is 0 Å². The van der Waals surface area contributed by atoms with Gasteiger partial charge in [-0.2, -0.15) is 13.2 Å². The predicted molar refractivity (Wildman–Crippen MR) is 178 cm³/mol. The summed E-state index contributed by atoms with van der Waals surface area (Å²) in [4.78, 5) is 11.5. The van der Waals surface area contributed by atoms with Crippen molar-refractivity contribution in [2.75, 3.05) is 0 Å². The van der Waals surface area contributed by atoms with Crippen molar-refractivity contribution in [1.82, 2.24) is 0 Å². The Morgan fingerprint density at radius 1 is 0.721 bits per heavy atom. The normalized spacial score (nSPS) is 14.4. The fourth-order valence-electron chi connectivity index (χ4n) is 5.65. The molecule has 0 bridgehead atoms. The minimum atomic E-state index is -4.29. The molecule has 5 nitrogen and oxygen atoms in total. The van der Waals surface area contributed by atoms with Crippen molar-refractivity contribution in [3.8, 4) is 5.75 Å². The maximum absolute atomic E-state index is 13.4. The molecule has 0 N–H and O–H groups in total. The number of carbonyl (C=O) groups excluding carboxylic acids is 1. The third kappa shape index (κ3) is 14.9. The molecule has 1 unspecified atom stereocenters. The van der Waals surface area contributed by atoms with Gasteiger partial charge in [-0.3, -0.25) is 4.79 Å². The lowest BCUT2D eigenvalue weighted by Crippen LogP contribution is -2.58. The van der Waals surface area contributed by atoms with Gasteiger partial charge < -0.3 is 17.1 Å². The number of halogens is 3. The van der Waals surface area contributed by atoms with Crippen LogP contribution in [0.4, 0.5) is 13.2 Å². The highest BCUT2D eigenvalue weighted by molar-refractivity contribution is 6.89. The van der Waals surface area contributed by atoms with E-state index in [2.05, 4.69) is 38.2 Å². The predicted octanol–water partition coefficient (Wildman–Crippen LogP) is 9.67. The minimum Gasteiger partial charge on any atom is -0.436 e. The zero-order valence-electron chi connectivity index (χ0n) is 27.5.